The maximum Gasteiger partial charge on any atom is 0.165 e. The van der Waals surface area contributed by atoms with Crippen LogP contribution in [0.15, 0.2) is 58.8 Å². The van der Waals surface area contributed by atoms with Crippen molar-refractivity contribution in [1.82, 2.24) is 0 Å². The Morgan fingerprint density at radius 3 is 1.57 bits per heavy atom. The number of halogens is 4. The lowest BCUT2D eigenvalue weighted by atomic mass is 10.0. The summed E-state index contributed by atoms with van der Waals surface area (Å²) in [5.74, 6) is 0.0605. The molecule has 2 rings (SSSR count). The lowest BCUT2D eigenvalue weighted by Crippen LogP contribution is -2.44. The monoisotopic (exact) mass is 486 g/mol. The topological polar surface area (TPSA) is 96.5 Å². The molecule has 0 saturated heterocycles. The molecule has 10 heteroatoms. The van der Waals surface area contributed by atoms with E-state index in [9.17, 15) is 0 Å². The smallest absolute Gasteiger partial charge is 0.165 e. The molecule has 0 radical (unpaired) electrons. The molecule has 0 aliphatic rings. The van der Waals surface area contributed by atoms with Crippen LogP contribution in [0.4, 0.5) is 11.4 Å². The van der Waals surface area contributed by atoms with Gasteiger partial charge in [-0.15, -0.1) is 23.2 Å². The van der Waals surface area contributed by atoms with Gasteiger partial charge in [0, 0.05) is 21.4 Å². The molecule has 4 N–H and O–H groups in total. The van der Waals surface area contributed by atoms with Crippen molar-refractivity contribution < 1.29 is 0 Å². The van der Waals surface area contributed by atoms with Gasteiger partial charge in [0.1, 0.15) is 22.0 Å². The Morgan fingerprint density at radius 2 is 1.17 bits per heavy atom. The van der Waals surface area contributed by atoms with Crippen LogP contribution in [0.1, 0.15) is 20.8 Å². The Bertz CT molecular complexity index is 925. The Labute approximate surface area is 196 Å². The quantitative estimate of drug-likeness (QED) is 0.143. The van der Waals surface area contributed by atoms with Gasteiger partial charge < -0.3 is 10.6 Å². The molecule has 0 spiro atoms. The van der Waals surface area contributed by atoms with Crippen LogP contribution in [0.3, 0.4) is 0 Å². The summed E-state index contributed by atoms with van der Waals surface area (Å²) < 4.78 is 0. The second-order valence-corrected chi connectivity index (χ2v) is 9.19. The number of rotatable bonds is 7. The molecule has 2 aromatic carbocycles. The molecular formula is C20H22Cl4N6. The van der Waals surface area contributed by atoms with Crippen molar-refractivity contribution in [3.8, 4) is 0 Å². The van der Waals surface area contributed by atoms with Gasteiger partial charge in [-0.05, 0) is 69.3 Å². The van der Waals surface area contributed by atoms with Crippen LogP contribution in [0.5, 0.6) is 0 Å². The molecule has 1 unspecified atom stereocenters. The molecule has 0 heterocycles. The van der Waals surface area contributed by atoms with E-state index in [0.29, 0.717) is 21.4 Å². The maximum atomic E-state index is 8.43. The zero-order valence-electron chi connectivity index (χ0n) is 16.6. The molecule has 0 aromatic heterocycles. The first-order valence-electron chi connectivity index (χ1n) is 8.89. The highest BCUT2D eigenvalue weighted by molar-refractivity contribution is 6.47. The third kappa shape index (κ3) is 6.32. The lowest BCUT2D eigenvalue weighted by molar-refractivity contribution is 0.552. The third-order valence-corrected chi connectivity index (χ3v) is 5.63. The van der Waals surface area contributed by atoms with E-state index in [2.05, 4.69) is 20.9 Å². The van der Waals surface area contributed by atoms with E-state index in [1.54, 1.807) is 69.3 Å². The SMILES string of the molecule is CC(C)(N=NC(C)(C(=N)Nc1ccc(Cl)cc1)C(Cl)Cl)C(=N)Nc1ccc(Cl)cc1. The van der Waals surface area contributed by atoms with Crippen LogP contribution in [0, 0.1) is 10.8 Å². The van der Waals surface area contributed by atoms with Gasteiger partial charge in [-0.25, -0.2) is 0 Å². The predicted molar refractivity (Wildman–Crippen MR) is 128 cm³/mol. The van der Waals surface area contributed by atoms with Crippen molar-refractivity contribution >= 4 is 69.4 Å². The second-order valence-electron chi connectivity index (χ2n) is 7.22. The molecule has 2 aromatic rings. The van der Waals surface area contributed by atoms with Gasteiger partial charge in [0.25, 0.3) is 0 Å². The molecule has 0 amide bonds. The molecule has 0 saturated carbocycles. The summed E-state index contributed by atoms with van der Waals surface area (Å²) in [5, 5.41) is 32.4. The molecule has 0 bridgehead atoms. The fraction of sp³-hybridized carbons (Fsp3) is 0.300. The number of benzene rings is 2. The minimum absolute atomic E-state index is 0.0448. The van der Waals surface area contributed by atoms with Crippen LogP contribution < -0.4 is 10.6 Å². The van der Waals surface area contributed by atoms with Crippen LogP contribution in [0.2, 0.25) is 10.0 Å². The summed E-state index contributed by atoms with van der Waals surface area (Å²) in [6.45, 7) is 5.03. The number of alkyl halides is 2. The Hall–Kier alpha value is -1.86. The van der Waals surface area contributed by atoms with E-state index < -0.39 is 15.9 Å². The highest BCUT2D eigenvalue weighted by atomic mass is 35.5. The summed E-state index contributed by atoms with van der Waals surface area (Å²) in [7, 11) is 0. The molecule has 160 valence electrons. The number of nitrogens with one attached hydrogen (secondary N) is 4. The minimum atomic E-state index is -1.36. The first-order valence-corrected chi connectivity index (χ1v) is 10.5. The second kappa shape index (κ2) is 9.96. The van der Waals surface area contributed by atoms with Gasteiger partial charge in [-0.3, -0.25) is 10.8 Å². The summed E-state index contributed by atoms with van der Waals surface area (Å²) in [6.07, 6.45) is 0. The molecular weight excluding hydrogens is 466 g/mol. The molecule has 0 aliphatic carbocycles. The largest absolute Gasteiger partial charge is 0.342 e. The van der Waals surface area contributed by atoms with Gasteiger partial charge in [-0.1, -0.05) is 23.2 Å². The summed E-state index contributed by atoms with van der Waals surface area (Å²) in [4.78, 5) is -1.05. The molecule has 6 nitrogen and oxygen atoms in total. The van der Waals surface area contributed by atoms with E-state index >= 15 is 0 Å². The van der Waals surface area contributed by atoms with Gasteiger partial charge in [-0.2, -0.15) is 10.2 Å². The van der Waals surface area contributed by atoms with Crippen LogP contribution in [-0.2, 0) is 0 Å². The van der Waals surface area contributed by atoms with Crippen molar-refractivity contribution in [1.29, 1.82) is 10.8 Å². The molecule has 0 fully saturated rings. The van der Waals surface area contributed by atoms with Crippen molar-refractivity contribution in [2.75, 3.05) is 10.6 Å². The van der Waals surface area contributed by atoms with Crippen molar-refractivity contribution in [3.05, 3.63) is 58.6 Å². The zero-order chi connectivity index (χ0) is 22.5. The van der Waals surface area contributed by atoms with E-state index in [1.165, 1.54) is 0 Å². The third-order valence-electron chi connectivity index (χ3n) is 4.28. The van der Waals surface area contributed by atoms with E-state index in [0.717, 1.165) is 0 Å². The van der Waals surface area contributed by atoms with E-state index in [1.807, 2.05) is 0 Å². The average Bonchev–Trinajstić information content (AvgIpc) is 2.69. The van der Waals surface area contributed by atoms with Crippen LogP contribution in [0.25, 0.3) is 0 Å². The van der Waals surface area contributed by atoms with Gasteiger partial charge >= 0.3 is 0 Å². The summed E-state index contributed by atoms with van der Waals surface area (Å²) >= 11 is 24.1. The fourth-order valence-corrected chi connectivity index (χ4v) is 2.67. The fourth-order valence-electron chi connectivity index (χ4n) is 2.12. The van der Waals surface area contributed by atoms with Gasteiger partial charge in [0.15, 0.2) is 5.54 Å². The highest BCUT2D eigenvalue weighted by Crippen LogP contribution is 2.29. The van der Waals surface area contributed by atoms with Gasteiger partial charge in [0.2, 0.25) is 0 Å². The van der Waals surface area contributed by atoms with Crippen molar-refractivity contribution in [2.45, 2.75) is 36.7 Å². The Balaban J connectivity index is 2.17. The van der Waals surface area contributed by atoms with Crippen LogP contribution >= 0.6 is 46.4 Å². The van der Waals surface area contributed by atoms with Crippen molar-refractivity contribution in [2.24, 2.45) is 10.2 Å². The average molecular weight is 488 g/mol. The molecule has 30 heavy (non-hydrogen) atoms. The Morgan fingerprint density at radius 1 is 0.767 bits per heavy atom. The van der Waals surface area contributed by atoms with Gasteiger partial charge in [0.05, 0.1) is 0 Å². The van der Waals surface area contributed by atoms with Crippen molar-refractivity contribution in [3.63, 3.8) is 0 Å². The maximum absolute atomic E-state index is 8.43. The number of azo groups is 1. The number of nitrogens with zero attached hydrogens (tertiary/aromatic N) is 2. The predicted octanol–water partition coefficient (Wildman–Crippen LogP) is 7.27. The highest BCUT2D eigenvalue weighted by Gasteiger charge is 2.39. The molecule has 0 aliphatic heterocycles. The molecule has 1 atom stereocenters. The lowest BCUT2D eigenvalue weighted by Gasteiger charge is -2.29. The number of hydrogen-bond acceptors (Lipinski definition) is 4. The zero-order valence-corrected chi connectivity index (χ0v) is 19.6. The summed E-state index contributed by atoms with van der Waals surface area (Å²) in [5.41, 5.74) is -1.05. The minimum Gasteiger partial charge on any atom is -0.342 e. The number of hydrogen-bond donors (Lipinski definition) is 4. The van der Waals surface area contributed by atoms with E-state index in [4.69, 9.17) is 57.2 Å². The van der Waals surface area contributed by atoms with Crippen LogP contribution in [-0.4, -0.2) is 27.6 Å². The normalized spacial score (nSPS) is 13.9. The first-order chi connectivity index (χ1) is 13.9. The Kier molecular flexibility index (Phi) is 8.11. The standard InChI is InChI=1S/C20H22Cl4N6/c1-19(2,17(25)27-14-8-4-12(21)5-9-14)29-30-20(3,16(23)24)18(26)28-15-10-6-13(22)7-11-15/h4-11,16H,1-3H3,(H2,25,27)(H2,26,28). The number of anilines is 2. The first kappa shape index (κ1) is 24.4. The number of amidine groups is 2. The van der Waals surface area contributed by atoms with E-state index in [-0.39, 0.29) is 11.7 Å². The summed E-state index contributed by atoms with van der Waals surface area (Å²) in [6, 6.07) is 13.8.